The summed E-state index contributed by atoms with van der Waals surface area (Å²) >= 11 is 6.85. The molecule has 2 amide bonds. The molecule has 8 nitrogen and oxygen atoms in total. The van der Waals surface area contributed by atoms with Crippen molar-refractivity contribution in [3.63, 3.8) is 0 Å². The van der Waals surface area contributed by atoms with Crippen molar-refractivity contribution in [2.45, 2.75) is 26.4 Å². The molecule has 146 valence electrons. The molecule has 2 aromatic heterocycles. The van der Waals surface area contributed by atoms with E-state index >= 15 is 0 Å². The van der Waals surface area contributed by atoms with Crippen LogP contribution in [0.15, 0.2) is 17.5 Å². The molecule has 0 radical (unpaired) electrons. The molecular formula is C17H24N6O2S2. The zero-order chi connectivity index (χ0) is 19.4. The first-order chi connectivity index (χ1) is 12.9. The van der Waals surface area contributed by atoms with Crippen LogP contribution in [-0.4, -0.2) is 75.1 Å². The van der Waals surface area contributed by atoms with Crippen LogP contribution in [0.2, 0.25) is 0 Å². The van der Waals surface area contributed by atoms with Crippen molar-refractivity contribution in [3.8, 4) is 10.7 Å². The number of piperazine rings is 1. The molecule has 1 saturated heterocycles. The van der Waals surface area contributed by atoms with E-state index in [1.54, 1.807) is 15.9 Å². The van der Waals surface area contributed by atoms with Crippen molar-refractivity contribution in [1.82, 2.24) is 29.9 Å². The number of hydrogen-bond donors (Lipinski definition) is 2. The highest BCUT2D eigenvalue weighted by Gasteiger charge is 2.24. The number of H-pyrrole nitrogens is 1. The molecule has 0 saturated carbocycles. The van der Waals surface area contributed by atoms with Crippen molar-refractivity contribution in [2.75, 3.05) is 32.7 Å². The topological polar surface area (TPSA) is 86.3 Å². The molecule has 1 aliphatic heterocycles. The Morgan fingerprint density at radius 1 is 1.30 bits per heavy atom. The average molecular weight is 409 g/mol. The normalized spacial score (nSPS) is 15.3. The number of carbonyl (C=O) groups is 2. The molecule has 10 heteroatoms. The highest BCUT2D eigenvalue weighted by atomic mass is 32.1. The largest absolute Gasteiger partial charge is 0.353 e. The lowest BCUT2D eigenvalue weighted by Gasteiger charge is -2.34. The van der Waals surface area contributed by atoms with Gasteiger partial charge in [-0.2, -0.15) is 5.10 Å². The molecule has 0 aromatic carbocycles. The summed E-state index contributed by atoms with van der Waals surface area (Å²) in [6, 6.07) is 4.04. The first kappa shape index (κ1) is 19.7. The van der Waals surface area contributed by atoms with Crippen LogP contribution < -0.4 is 5.32 Å². The lowest BCUT2D eigenvalue weighted by Crippen LogP contribution is -2.52. The number of rotatable bonds is 6. The molecule has 2 aromatic rings. The highest BCUT2D eigenvalue weighted by Crippen LogP contribution is 2.22. The highest BCUT2D eigenvalue weighted by molar-refractivity contribution is 7.71. The van der Waals surface area contributed by atoms with Crippen LogP contribution in [0.3, 0.4) is 0 Å². The lowest BCUT2D eigenvalue weighted by molar-refractivity contribution is -0.133. The van der Waals surface area contributed by atoms with Crippen LogP contribution in [0.25, 0.3) is 10.7 Å². The van der Waals surface area contributed by atoms with Crippen LogP contribution in [0.4, 0.5) is 0 Å². The Bertz CT molecular complexity index is 834. The zero-order valence-corrected chi connectivity index (χ0v) is 17.1. The third kappa shape index (κ3) is 5.02. The number of nitrogens with zero attached hydrogens (tertiary/aromatic N) is 4. The molecule has 2 N–H and O–H groups in total. The fraction of sp³-hybridized carbons (Fsp3) is 0.529. The van der Waals surface area contributed by atoms with Gasteiger partial charge in [-0.15, -0.1) is 11.3 Å². The van der Waals surface area contributed by atoms with E-state index in [0.29, 0.717) is 43.3 Å². The van der Waals surface area contributed by atoms with Crippen molar-refractivity contribution in [3.05, 3.63) is 22.3 Å². The van der Waals surface area contributed by atoms with E-state index in [2.05, 4.69) is 20.4 Å². The van der Waals surface area contributed by atoms with Crippen LogP contribution in [0.5, 0.6) is 0 Å². The quantitative estimate of drug-likeness (QED) is 0.705. The number of carbonyl (C=O) groups excluding carboxylic acids is 2. The van der Waals surface area contributed by atoms with Crippen LogP contribution in [0, 0.1) is 4.77 Å². The Morgan fingerprint density at radius 2 is 2.04 bits per heavy atom. The molecule has 0 bridgehead atoms. The number of aromatic amines is 1. The predicted molar refractivity (Wildman–Crippen MR) is 107 cm³/mol. The summed E-state index contributed by atoms with van der Waals surface area (Å²) in [5.41, 5.74) is 0. The van der Waals surface area contributed by atoms with E-state index in [9.17, 15) is 9.59 Å². The van der Waals surface area contributed by atoms with Gasteiger partial charge in [0.15, 0.2) is 10.6 Å². The second-order valence-corrected chi connectivity index (χ2v) is 8.13. The Morgan fingerprint density at radius 3 is 2.67 bits per heavy atom. The Labute approximate surface area is 167 Å². The van der Waals surface area contributed by atoms with E-state index in [1.807, 2.05) is 36.3 Å². The Hall–Kier alpha value is -2.04. The lowest BCUT2D eigenvalue weighted by atomic mass is 10.3. The van der Waals surface area contributed by atoms with Crippen molar-refractivity contribution >= 4 is 35.4 Å². The molecule has 0 aliphatic carbocycles. The van der Waals surface area contributed by atoms with Gasteiger partial charge in [-0.05, 0) is 37.5 Å². The zero-order valence-electron chi connectivity index (χ0n) is 15.5. The molecule has 1 aliphatic rings. The number of nitrogens with one attached hydrogen (secondary N) is 2. The predicted octanol–water partition coefficient (Wildman–Crippen LogP) is 1.34. The molecule has 0 spiro atoms. The van der Waals surface area contributed by atoms with Crippen LogP contribution >= 0.6 is 23.6 Å². The minimum absolute atomic E-state index is 0.0107. The molecular weight excluding hydrogens is 384 g/mol. The van der Waals surface area contributed by atoms with Gasteiger partial charge in [-0.1, -0.05) is 6.07 Å². The van der Waals surface area contributed by atoms with Crippen molar-refractivity contribution < 1.29 is 9.59 Å². The second-order valence-electron chi connectivity index (χ2n) is 6.79. The van der Waals surface area contributed by atoms with Crippen LogP contribution in [0.1, 0.15) is 13.8 Å². The van der Waals surface area contributed by atoms with E-state index in [0.717, 1.165) is 4.88 Å². The monoisotopic (exact) mass is 408 g/mol. The van der Waals surface area contributed by atoms with Crippen molar-refractivity contribution in [2.24, 2.45) is 0 Å². The average Bonchev–Trinajstić information content (AvgIpc) is 3.25. The summed E-state index contributed by atoms with van der Waals surface area (Å²) < 4.78 is 2.18. The summed E-state index contributed by atoms with van der Waals surface area (Å²) in [7, 11) is 0. The number of amides is 2. The number of aromatic nitrogens is 3. The molecule has 3 heterocycles. The van der Waals surface area contributed by atoms with Gasteiger partial charge < -0.3 is 10.2 Å². The smallest absolute Gasteiger partial charge is 0.242 e. The second kappa shape index (κ2) is 8.77. The number of hydrogen-bond acceptors (Lipinski definition) is 6. The van der Waals surface area contributed by atoms with E-state index in [4.69, 9.17) is 12.2 Å². The third-order valence-electron chi connectivity index (χ3n) is 4.34. The standard InChI is InChI=1S/C17H24N6O2S2/c1-12(2)18-14(24)10-21-5-7-22(8-6-21)15(25)11-23-16(19-20-17(23)26)13-4-3-9-27-13/h3-4,9,12H,5-8,10-11H2,1-2H3,(H,18,24)(H,20,26). The summed E-state index contributed by atoms with van der Waals surface area (Å²) in [6.07, 6.45) is 0. The summed E-state index contributed by atoms with van der Waals surface area (Å²) in [4.78, 5) is 29.5. The van der Waals surface area contributed by atoms with Gasteiger partial charge >= 0.3 is 0 Å². The minimum atomic E-state index is 0.0107. The van der Waals surface area contributed by atoms with Gasteiger partial charge in [0.1, 0.15) is 6.54 Å². The molecule has 1 fully saturated rings. The maximum atomic E-state index is 12.7. The molecule has 3 rings (SSSR count). The van der Waals surface area contributed by atoms with Gasteiger partial charge in [0.25, 0.3) is 0 Å². The fourth-order valence-electron chi connectivity index (χ4n) is 3.02. The molecule has 0 atom stereocenters. The fourth-order valence-corrected chi connectivity index (χ4v) is 3.94. The van der Waals surface area contributed by atoms with Gasteiger partial charge in [-0.3, -0.25) is 24.2 Å². The van der Waals surface area contributed by atoms with Crippen molar-refractivity contribution in [1.29, 1.82) is 0 Å². The first-order valence-electron chi connectivity index (χ1n) is 8.92. The summed E-state index contributed by atoms with van der Waals surface area (Å²) in [5.74, 6) is 0.721. The third-order valence-corrected chi connectivity index (χ3v) is 5.51. The maximum Gasteiger partial charge on any atom is 0.242 e. The SMILES string of the molecule is CC(C)NC(=O)CN1CCN(C(=O)Cn2c(-c3cccs3)n[nH]c2=S)CC1. The Balaban J connectivity index is 1.56. The summed E-state index contributed by atoms with van der Waals surface area (Å²) in [5, 5.41) is 11.9. The first-order valence-corrected chi connectivity index (χ1v) is 10.2. The van der Waals surface area contributed by atoms with Gasteiger partial charge in [-0.25, -0.2) is 0 Å². The molecule has 27 heavy (non-hydrogen) atoms. The van der Waals surface area contributed by atoms with Crippen LogP contribution in [-0.2, 0) is 16.1 Å². The maximum absolute atomic E-state index is 12.7. The summed E-state index contributed by atoms with van der Waals surface area (Å²) in [6.45, 7) is 7.00. The molecule has 0 unspecified atom stereocenters. The van der Waals surface area contributed by atoms with Gasteiger partial charge in [0.2, 0.25) is 11.8 Å². The Kier molecular flexibility index (Phi) is 6.40. The van der Waals surface area contributed by atoms with E-state index in [1.165, 1.54) is 0 Å². The number of thiophene rings is 1. The van der Waals surface area contributed by atoms with E-state index in [-0.39, 0.29) is 24.4 Å². The van der Waals surface area contributed by atoms with Gasteiger partial charge in [0.05, 0.1) is 11.4 Å². The van der Waals surface area contributed by atoms with E-state index < -0.39 is 0 Å². The van der Waals surface area contributed by atoms with Gasteiger partial charge in [0, 0.05) is 32.2 Å². The minimum Gasteiger partial charge on any atom is -0.353 e.